The molecule has 10 rings (SSSR count). The predicted octanol–water partition coefficient (Wildman–Crippen LogP) is 13.0. The molecule has 4 nitrogen and oxygen atoms in total. The summed E-state index contributed by atoms with van der Waals surface area (Å²) >= 11 is 0. The van der Waals surface area contributed by atoms with E-state index in [4.69, 9.17) is 15.0 Å². The molecule has 1 spiro atoms. The minimum atomic E-state index is 0.00135. The van der Waals surface area contributed by atoms with Crippen LogP contribution in [0.25, 0.3) is 78.7 Å². The Balaban J connectivity index is 0.957. The summed E-state index contributed by atoms with van der Waals surface area (Å²) in [5, 5.41) is 9.72. The van der Waals surface area contributed by atoms with E-state index < -0.39 is 0 Å². The molecule has 0 saturated heterocycles. The van der Waals surface area contributed by atoms with Crippen LogP contribution in [0, 0.1) is 11.3 Å². The standard InChI is InChI=1S/C52H38N4/c53-34-35-20-26-45-46-27-25-43(33-48(46)52(47(45)30-35)28-8-3-9-29-52)37-23-21-36(22-24-37)40-16-10-17-41(31-40)42-18-11-19-44(32-42)51-55-49(38-12-4-1-5-13-38)54-50(56-51)39-14-6-2-7-15-39/h1-2,4-7,10-27,30-33H,3,8-9,28-29H2. The maximum atomic E-state index is 9.72. The zero-order valence-electron chi connectivity index (χ0n) is 31.0. The molecule has 1 aromatic heterocycles. The third kappa shape index (κ3) is 5.99. The summed E-state index contributed by atoms with van der Waals surface area (Å²) in [5.74, 6) is 1.94. The van der Waals surface area contributed by atoms with Crippen LogP contribution < -0.4 is 0 Å². The summed E-state index contributed by atoms with van der Waals surface area (Å²) in [6.07, 6.45) is 6.01. The molecule has 8 aromatic rings. The van der Waals surface area contributed by atoms with Crippen molar-refractivity contribution in [2.45, 2.75) is 37.5 Å². The van der Waals surface area contributed by atoms with E-state index in [2.05, 4.69) is 109 Å². The monoisotopic (exact) mass is 718 g/mol. The van der Waals surface area contributed by atoms with Gasteiger partial charge < -0.3 is 0 Å². The lowest BCUT2D eigenvalue weighted by Crippen LogP contribution is -2.28. The molecule has 7 aromatic carbocycles. The smallest absolute Gasteiger partial charge is 0.164 e. The van der Waals surface area contributed by atoms with Gasteiger partial charge in [-0.2, -0.15) is 5.26 Å². The Morgan fingerprint density at radius 2 is 0.804 bits per heavy atom. The number of nitrogens with zero attached hydrogens (tertiary/aromatic N) is 4. The second-order valence-corrected chi connectivity index (χ2v) is 15.1. The van der Waals surface area contributed by atoms with Crippen molar-refractivity contribution in [3.63, 3.8) is 0 Å². The second-order valence-electron chi connectivity index (χ2n) is 15.1. The van der Waals surface area contributed by atoms with Crippen molar-refractivity contribution in [3.05, 3.63) is 187 Å². The van der Waals surface area contributed by atoms with Crippen LogP contribution in [0.5, 0.6) is 0 Å². The van der Waals surface area contributed by atoms with Gasteiger partial charge in [0.1, 0.15) is 0 Å². The van der Waals surface area contributed by atoms with E-state index in [9.17, 15) is 5.26 Å². The molecule has 1 saturated carbocycles. The van der Waals surface area contributed by atoms with Crippen molar-refractivity contribution in [1.29, 1.82) is 5.26 Å². The van der Waals surface area contributed by atoms with Gasteiger partial charge in [-0.05, 0) is 98.8 Å². The van der Waals surface area contributed by atoms with E-state index in [1.54, 1.807) is 0 Å². The van der Waals surface area contributed by atoms with E-state index in [1.165, 1.54) is 58.2 Å². The zero-order chi connectivity index (χ0) is 37.5. The van der Waals surface area contributed by atoms with Gasteiger partial charge in [0.05, 0.1) is 11.6 Å². The number of nitriles is 1. The third-order valence-electron chi connectivity index (χ3n) is 11.8. The first kappa shape index (κ1) is 33.6. The Bertz CT molecular complexity index is 2720. The van der Waals surface area contributed by atoms with Crippen molar-refractivity contribution < 1.29 is 0 Å². The number of rotatable bonds is 6. The minimum absolute atomic E-state index is 0.00135. The maximum Gasteiger partial charge on any atom is 0.164 e. The highest BCUT2D eigenvalue weighted by Gasteiger charge is 2.44. The van der Waals surface area contributed by atoms with Gasteiger partial charge in [-0.3, -0.25) is 0 Å². The molecule has 4 heteroatoms. The van der Waals surface area contributed by atoms with Crippen LogP contribution in [0.1, 0.15) is 48.8 Å². The molecule has 266 valence electrons. The Morgan fingerprint density at radius 1 is 0.375 bits per heavy atom. The highest BCUT2D eigenvalue weighted by molar-refractivity contribution is 5.85. The largest absolute Gasteiger partial charge is 0.208 e. The fraction of sp³-hybridized carbons (Fsp3) is 0.115. The molecule has 0 N–H and O–H groups in total. The lowest BCUT2D eigenvalue weighted by Gasteiger charge is -2.36. The van der Waals surface area contributed by atoms with E-state index in [0.717, 1.165) is 51.8 Å². The van der Waals surface area contributed by atoms with Crippen LogP contribution in [-0.2, 0) is 5.41 Å². The van der Waals surface area contributed by atoms with Crippen LogP contribution >= 0.6 is 0 Å². The van der Waals surface area contributed by atoms with Gasteiger partial charge in [-0.15, -0.1) is 0 Å². The molecule has 2 aliphatic carbocycles. The normalized spacial score (nSPS) is 13.8. The highest BCUT2D eigenvalue weighted by atomic mass is 15.0. The molecule has 56 heavy (non-hydrogen) atoms. The molecule has 1 fully saturated rings. The van der Waals surface area contributed by atoms with Gasteiger partial charge >= 0.3 is 0 Å². The lowest BCUT2D eigenvalue weighted by atomic mass is 9.67. The minimum Gasteiger partial charge on any atom is -0.208 e. The summed E-state index contributed by atoms with van der Waals surface area (Å²) in [4.78, 5) is 14.8. The molecule has 1 heterocycles. The van der Waals surface area contributed by atoms with Gasteiger partial charge in [0.25, 0.3) is 0 Å². The third-order valence-corrected chi connectivity index (χ3v) is 11.8. The number of aromatic nitrogens is 3. The molecule has 0 amide bonds. The van der Waals surface area contributed by atoms with Gasteiger partial charge in [-0.25, -0.2) is 15.0 Å². The van der Waals surface area contributed by atoms with E-state index in [1.807, 2.05) is 66.7 Å². The fourth-order valence-corrected chi connectivity index (χ4v) is 8.95. The highest BCUT2D eigenvalue weighted by Crippen LogP contribution is 2.56. The van der Waals surface area contributed by atoms with Crippen LogP contribution in [0.15, 0.2) is 170 Å². The van der Waals surface area contributed by atoms with Gasteiger partial charge in [0.2, 0.25) is 0 Å². The predicted molar refractivity (Wildman–Crippen MR) is 226 cm³/mol. The molecule has 0 radical (unpaired) electrons. The first-order valence-electron chi connectivity index (χ1n) is 19.5. The van der Waals surface area contributed by atoms with Crippen LogP contribution in [0.4, 0.5) is 0 Å². The number of benzene rings is 7. The summed E-state index contributed by atoms with van der Waals surface area (Å²) in [6.45, 7) is 0. The second kappa shape index (κ2) is 14.0. The number of fused-ring (bicyclic) bond motifs is 5. The SMILES string of the molecule is N#Cc1ccc2c(c1)C1(CCCCC1)c1cc(-c3ccc(-c4cccc(-c5cccc(-c6nc(-c7ccccc7)nc(-c7ccccc7)n6)c5)c4)cc3)ccc1-2. The maximum absolute atomic E-state index is 9.72. The summed E-state index contributed by atoms with van der Waals surface area (Å²) < 4.78 is 0. The van der Waals surface area contributed by atoms with Gasteiger partial charge in [0.15, 0.2) is 17.5 Å². The van der Waals surface area contributed by atoms with Crippen LogP contribution in [0.2, 0.25) is 0 Å². The molecule has 0 atom stereocenters. The summed E-state index contributed by atoms with van der Waals surface area (Å²) in [5.41, 5.74) is 16.0. The Morgan fingerprint density at radius 3 is 1.38 bits per heavy atom. The summed E-state index contributed by atoms with van der Waals surface area (Å²) in [6, 6.07) is 62.1. The first-order chi connectivity index (χ1) is 27.6. The quantitative estimate of drug-likeness (QED) is 0.172. The molecule has 2 aliphatic rings. The van der Waals surface area contributed by atoms with Gasteiger partial charge in [-0.1, -0.05) is 159 Å². The average molecular weight is 719 g/mol. The lowest BCUT2D eigenvalue weighted by molar-refractivity contribution is 0.353. The molecular formula is C52H38N4. The van der Waals surface area contributed by atoms with Crippen LogP contribution in [0.3, 0.4) is 0 Å². The van der Waals surface area contributed by atoms with Crippen molar-refractivity contribution in [1.82, 2.24) is 15.0 Å². The number of hydrogen-bond acceptors (Lipinski definition) is 4. The molecular weight excluding hydrogens is 681 g/mol. The van der Waals surface area contributed by atoms with E-state index >= 15 is 0 Å². The average Bonchev–Trinajstić information content (AvgIpc) is 3.54. The van der Waals surface area contributed by atoms with Crippen molar-refractivity contribution in [2.24, 2.45) is 0 Å². The summed E-state index contributed by atoms with van der Waals surface area (Å²) in [7, 11) is 0. The zero-order valence-corrected chi connectivity index (χ0v) is 31.0. The molecule has 0 bridgehead atoms. The number of hydrogen-bond donors (Lipinski definition) is 0. The van der Waals surface area contributed by atoms with Crippen LogP contribution in [-0.4, -0.2) is 15.0 Å². The van der Waals surface area contributed by atoms with Gasteiger partial charge in [0, 0.05) is 22.1 Å². The van der Waals surface area contributed by atoms with Crippen molar-refractivity contribution in [2.75, 3.05) is 0 Å². The molecule has 0 aliphatic heterocycles. The molecule has 0 unspecified atom stereocenters. The Labute approximate surface area is 327 Å². The van der Waals surface area contributed by atoms with E-state index in [0.29, 0.717) is 17.5 Å². The van der Waals surface area contributed by atoms with Crippen molar-refractivity contribution >= 4 is 0 Å². The Kier molecular flexibility index (Phi) is 8.42. The fourth-order valence-electron chi connectivity index (χ4n) is 8.95. The van der Waals surface area contributed by atoms with Crippen molar-refractivity contribution in [3.8, 4) is 84.7 Å². The van der Waals surface area contributed by atoms with E-state index in [-0.39, 0.29) is 5.41 Å². The Hall–Kier alpha value is -6.96. The first-order valence-corrected chi connectivity index (χ1v) is 19.5. The topological polar surface area (TPSA) is 62.5 Å².